The molecule has 0 fully saturated rings. The molecule has 4 nitrogen and oxygen atoms in total. The van der Waals surface area contributed by atoms with Crippen molar-refractivity contribution >= 4 is 18.7 Å². The molecule has 0 aliphatic rings. The fourth-order valence-corrected chi connectivity index (χ4v) is 0.802. The maximum atomic E-state index is 10.0. The topological polar surface area (TPSA) is 61.7 Å². The third-order valence-corrected chi connectivity index (χ3v) is 1.89. The van der Waals surface area contributed by atoms with Gasteiger partial charge in [-0.1, -0.05) is 11.6 Å². The van der Waals surface area contributed by atoms with Crippen molar-refractivity contribution in [2.45, 2.75) is 31.7 Å². The summed E-state index contributed by atoms with van der Waals surface area (Å²) in [6.07, 6.45) is 0. The van der Waals surface area contributed by atoms with Crippen LogP contribution < -0.4 is 5.23 Å². The van der Waals surface area contributed by atoms with Crippen LogP contribution in [0, 0.1) is 4.91 Å². The second kappa shape index (κ2) is 4.04. The molecule has 0 amide bonds. The van der Waals surface area contributed by atoms with Gasteiger partial charge in [-0.25, -0.2) is 0 Å². The maximum Gasteiger partial charge on any atom is 0.374 e. The molecular weight excluding hydrogens is 166 g/mol. The summed E-state index contributed by atoms with van der Waals surface area (Å²) in [5.41, 5.74) is -1.56. The Morgan fingerprint density at radius 3 is 2.45 bits per heavy atom. The van der Waals surface area contributed by atoms with Gasteiger partial charge in [0.25, 0.3) is 0 Å². The number of nitrogens with one attached hydrogen (secondary N) is 1. The van der Waals surface area contributed by atoms with Gasteiger partial charge in [0.2, 0.25) is 0 Å². The van der Waals surface area contributed by atoms with E-state index >= 15 is 0 Å². The lowest BCUT2D eigenvalue weighted by Gasteiger charge is -2.27. The minimum absolute atomic E-state index is 0.683. The van der Waals surface area contributed by atoms with Gasteiger partial charge in [-0.2, -0.15) is 0 Å². The van der Waals surface area contributed by atoms with Crippen LogP contribution in [0.25, 0.3) is 0 Å². The van der Waals surface area contributed by atoms with Crippen molar-refractivity contribution in [3.8, 4) is 0 Å². The molecule has 1 unspecified atom stereocenters. The monoisotopic (exact) mass is 178 g/mol. The second-order valence-electron chi connectivity index (χ2n) is 2.98. The molecule has 1 atom stereocenters. The first-order valence-electron chi connectivity index (χ1n) is 3.32. The smallest absolute Gasteiger partial charge is 0.374 e. The third kappa shape index (κ3) is 3.69. The van der Waals surface area contributed by atoms with Gasteiger partial charge in [0.15, 0.2) is 5.50 Å². The van der Waals surface area contributed by atoms with Gasteiger partial charge < -0.3 is 10.3 Å². The molecule has 11 heavy (non-hydrogen) atoms. The Labute approximate surface area is 71.4 Å². The van der Waals surface area contributed by atoms with E-state index in [0.717, 1.165) is 0 Å². The third-order valence-electron chi connectivity index (χ3n) is 1.27. The van der Waals surface area contributed by atoms with Gasteiger partial charge in [-0.3, -0.25) is 0 Å². The molecule has 0 aliphatic heterocycles. The molecule has 64 valence electrons. The summed E-state index contributed by atoms with van der Waals surface area (Å²) in [6, 6.07) is 0. The Bertz CT molecular complexity index is 142. The van der Waals surface area contributed by atoms with E-state index in [1.165, 1.54) is 0 Å². The predicted molar refractivity (Wildman–Crippen MR) is 46.5 cm³/mol. The molecule has 0 bridgehead atoms. The van der Waals surface area contributed by atoms with E-state index in [2.05, 4.69) is 10.4 Å². The van der Waals surface area contributed by atoms with E-state index < -0.39 is 18.1 Å². The van der Waals surface area contributed by atoms with Gasteiger partial charge >= 0.3 is 7.05 Å². The zero-order chi connectivity index (χ0) is 9.07. The van der Waals surface area contributed by atoms with Crippen molar-refractivity contribution in [2.75, 3.05) is 0 Å². The summed E-state index contributed by atoms with van der Waals surface area (Å²) < 4.78 is 0. The Morgan fingerprint density at radius 1 is 1.73 bits per heavy atom. The Kier molecular flexibility index (Phi) is 3.99. The first-order valence-corrected chi connectivity index (χ1v) is 3.76. The molecule has 0 aromatic heterocycles. The number of nitroso groups, excluding NO2 is 1. The molecule has 0 aromatic rings. The lowest BCUT2D eigenvalue weighted by atomic mass is 9.83. The van der Waals surface area contributed by atoms with Crippen molar-refractivity contribution < 1.29 is 5.02 Å². The molecule has 0 rings (SSSR count). The second-order valence-corrected chi connectivity index (χ2v) is 3.40. The molecule has 0 aromatic carbocycles. The van der Waals surface area contributed by atoms with Crippen LogP contribution in [0.15, 0.2) is 5.18 Å². The van der Waals surface area contributed by atoms with Gasteiger partial charge in [0.1, 0.15) is 0 Å². The van der Waals surface area contributed by atoms with Crippen LogP contribution in [0.2, 0.25) is 6.82 Å². The number of halogens is 1. The van der Waals surface area contributed by atoms with E-state index in [0.29, 0.717) is 0 Å². The summed E-state index contributed by atoms with van der Waals surface area (Å²) in [4.78, 5) is 10.0. The fourth-order valence-electron chi connectivity index (χ4n) is 0.739. The summed E-state index contributed by atoms with van der Waals surface area (Å²) >= 11 is 5.55. The van der Waals surface area contributed by atoms with Crippen LogP contribution in [-0.4, -0.2) is 23.1 Å². The first kappa shape index (κ1) is 10.9. The highest BCUT2D eigenvalue weighted by Gasteiger charge is 2.30. The number of rotatable bonds is 4. The van der Waals surface area contributed by atoms with Crippen LogP contribution >= 0.6 is 11.6 Å². The van der Waals surface area contributed by atoms with Crippen molar-refractivity contribution in [1.29, 1.82) is 0 Å². The van der Waals surface area contributed by atoms with Crippen LogP contribution in [0.3, 0.4) is 0 Å². The van der Waals surface area contributed by atoms with Crippen molar-refractivity contribution in [3.63, 3.8) is 0 Å². The minimum Gasteiger partial charge on any atom is -0.437 e. The average molecular weight is 178 g/mol. The Hall–Kier alpha value is -0.125. The Morgan fingerprint density at radius 2 is 2.18 bits per heavy atom. The average Bonchev–Trinajstić information content (AvgIpc) is 1.83. The molecular formula is C5H12BClN2O2. The van der Waals surface area contributed by atoms with E-state index in [-0.39, 0.29) is 0 Å². The lowest BCUT2D eigenvalue weighted by Crippen LogP contribution is -2.52. The summed E-state index contributed by atoms with van der Waals surface area (Å²) in [5, 5.41) is 14.3. The maximum absolute atomic E-state index is 10.0. The van der Waals surface area contributed by atoms with Gasteiger partial charge in [-0.05, 0) is 25.8 Å². The number of hydrogen-bond acceptors (Lipinski definition) is 4. The van der Waals surface area contributed by atoms with Crippen LogP contribution in [0.1, 0.15) is 13.8 Å². The minimum atomic E-state index is -0.878. The van der Waals surface area contributed by atoms with Crippen molar-refractivity contribution in [3.05, 3.63) is 4.91 Å². The van der Waals surface area contributed by atoms with E-state index in [4.69, 9.17) is 16.6 Å². The van der Waals surface area contributed by atoms with Crippen molar-refractivity contribution in [2.24, 2.45) is 5.18 Å². The fraction of sp³-hybridized carbons (Fsp3) is 1.00. The molecule has 0 saturated carbocycles. The van der Waals surface area contributed by atoms with E-state index in [9.17, 15) is 4.91 Å². The molecule has 0 spiro atoms. The lowest BCUT2D eigenvalue weighted by molar-refractivity contribution is 0.413. The molecule has 0 heterocycles. The highest BCUT2D eigenvalue weighted by atomic mass is 35.5. The zero-order valence-corrected chi connectivity index (χ0v) is 7.59. The quantitative estimate of drug-likeness (QED) is 0.290. The highest BCUT2D eigenvalue weighted by Crippen LogP contribution is 2.16. The summed E-state index contributed by atoms with van der Waals surface area (Å²) in [6.45, 7) is 4.94. The van der Waals surface area contributed by atoms with Crippen LogP contribution in [-0.2, 0) is 0 Å². The van der Waals surface area contributed by atoms with Crippen LogP contribution in [0.5, 0.6) is 0 Å². The number of alkyl halides is 1. The van der Waals surface area contributed by atoms with Gasteiger partial charge in [0, 0.05) is 5.54 Å². The predicted octanol–water partition coefficient (Wildman–Crippen LogP) is 0.796. The normalized spacial score (nSPS) is 14.3. The van der Waals surface area contributed by atoms with E-state index in [1.54, 1.807) is 20.7 Å². The molecule has 0 aliphatic carbocycles. The van der Waals surface area contributed by atoms with Crippen molar-refractivity contribution in [1.82, 2.24) is 5.23 Å². The molecule has 0 radical (unpaired) electrons. The van der Waals surface area contributed by atoms with E-state index in [1.807, 2.05) is 0 Å². The molecule has 2 N–H and O–H groups in total. The molecule has 6 heteroatoms. The standard InChI is InChI=1S/C5H12BClN2O2/c1-5(2,4(7)8-11)9-6(3)10/h4,9-10H,1-3H3. The highest BCUT2D eigenvalue weighted by molar-refractivity contribution is 6.45. The zero-order valence-electron chi connectivity index (χ0n) is 6.84. The first-order chi connectivity index (χ1) is 4.90. The van der Waals surface area contributed by atoms with Gasteiger partial charge in [-0.15, -0.1) is 4.91 Å². The molecule has 0 saturated heterocycles. The SMILES string of the molecule is CB(O)NC(C)(C)C(Cl)N=O. The van der Waals surface area contributed by atoms with Crippen LogP contribution in [0.4, 0.5) is 0 Å². The van der Waals surface area contributed by atoms with Gasteiger partial charge in [0.05, 0.1) is 0 Å². The largest absolute Gasteiger partial charge is 0.437 e. The Balaban J connectivity index is 4.08. The number of hydrogen-bond donors (Lipinski definition) is 2. The number of nitrogens with zero attached hydrogens (tertiary/aromatic N) is 1. The summed E-state index contributed by atoms with van der Waals surface area (Å²) in [7, 11) is -0.701. The summed E-state index contributed by atoms with van der Waals surface area (Å²) in [5.74, 6) is 0.